The van der Waals surface area contributed by atoms with E-state index in [0.29, 0.717) is 18.1 Å². The summed E-state index contributed by atoms with van der Waals surface area (Å²) in [6.07, 6.45) is 1.69. The molecule has 128 valence electrons. The zero-order chi connectivity index (χ0) is 17.7. The first-order chi connectivity index (χ1) is 11.4. The number of rotatable bonds is 6. The molecule has 7 nitrogen and oxygen atoms in total. The highest BCUT2D eigenvalue weighted by molar-refractivity contribution is 5.96. The first-order valence-electron chi connectivity index (χ1n) is 7.44. The van der Waals surface area contributed by atoms with Gasteiger partial charge >= 0.3 is 11.9 Å². The summed E-state index contributed by atoms with van der Waals surface area (Å²) in [4.78, 5) is 27.7. The highest BCUT2D eigenvalue weighted by Crippen LogP contribution is 2.19. The summed E-state index contributed by atoms with van der Waals surface area (Å²) in [5.41, 5.74) is 1.05. The number of esters is 2. The Hall–Kier alpha value is -2.83. The van der Waals surface area contributed by atoms with Crippen LogP contribution in [0.3, 0.4) is 0 Å². The molecule has 1 N–H and O–H groups in total. The fourth-order valence-electron chi connectivity index (χ4n) is 2.05. The SMILES string of the molecule is COC(=O)c1cc(NCc2ncc(C(C)C)o2)cc(C(=O)OC)c1. The molecule has 24 heavy (non-hydrogen) atoms. The van der Waals surface area contributed by atoms with Gasteiger partial charge in [0.1, 0.15) is 5.76 Å². The van der Waals surface area contributed by atoms with Crippen molar-refractivity contribution in [1.82, 2.24) is 4.98 Å². The lowest BCUT2D eigenvalue weighted by molar-refractivity contribution is 0.0599. The number of hydrogen-bond acceptors (Lipinski definition) is 7. The standard InChI is InChI=1S/C17H20N2O5/c1-10(2)14-8-19-15(24-14)9-18-13-6-11(16(20)22-3)5-12(7-13)17(21)23-4/h5-8,10,18H,9H2,1-4H3. The van der Waals surface area contributed by atoms with Crippen LogP contribution in [0.2, 0.25) is 0 Å². The predicted molar refractivity (Wildman–Crippen MR) is 87.0 cm³/mol. The number of aromatic nitrogens is 1. The van der Waals surface area contributed by atoms with Crippen LogP contribution in [0.1, 0.15) is 52.1 Å². The Morgan fingerprint density at radius 2 is 1.71 bits per heavy atom. The number of carbonyl (C=O) groups excluding carboxylic acids is 2. The lowest BCUT2D eigenvalue weighted by Crippen LogP contribution is -2.09. The molecule has 0 aliphatic carbocycles. The van der Waals surface area contributed by atoms with E-state index in [1.165, 1.54) is 20.3 Å². The molecule has 1 aromatic carbocycles. The van der Waals surface area contributed by atoms with Gasteiger partial charge < -0.3 is 19.2 Å². The van der Waals surface area contributed by atoms with Gasteiger partial charge in [-0.1, -0.05) is 13.8 Å². The molecule has 0 amide bonds. The third kappa shape index (κ3) is 4.13. The maximum atomic E-state index is 11.7. The molecule has 1 aromatic heterocycles. The Balaban J connectivity index is 2.21. The highest BCUT2D eigenvalue weighted by Gasteiger charge is 2.14. The van der Waals surface area contributed by atoms with Crippen LogP contribution in [0, 0.1) is 0 Å². The monoisotopic (exact) mass is 332 g/mol. The van der Waals surface area contributed by atoms with E-state index in [-0.39, 0.29) is 17.0 Å². The summed E-state index contributed by atoms with van der Waals surface area (Å²) in [5, 5.41) is 3.08. The highest BCUT2D eigenvalue weighted by atomic mass is 16.5. The molecule has 2 rings (SSSR count). The molecule has 7 heteroatoms. The number of methoxy groups -OCH3 is 2. The van der Waals surface area contributed by atoms with Crippen LogP contribution in [0.5, 0.6) is 0 Å². The number of ether oxygens (including phenoxy) is 2. The van der Waals surface area contributed by atoms with Gasteiger partial charge in [0.15, 0.2) is 0 Å². The largest absolute Gasteiger partial charge is 0.465 e. The van der Waals surface area contributed by atoms with Crippen LogP contribution < -0.4 is 5.32 Å². The molecule has 1 heterocycles. The number of benzene rings is 1. The Bertz CT molecular complexity index is 702. The van der Waals surface area contributed by atoms with Crippen molar-refractivity contribution in [2.45, 2.75) is 26.3 Å². The van der Waals surface area contributed by atoms with Crippen LogP contribution in [0.25, 0.3) is 0 Å². The minimum Gasteiger partial charge on any atom is -0.465 e. The number of oxazole rings is 1. The van der Waals surface area contributed by atoms with Gasteiger partial charge in [-0.25, -0.2) is 14.6 Å². The van der Waals surface area contributed by atoms with Crippen LogP contribution in [-0.2, 0) is 16.0 Å². The fraction of sp³-hybridized carbons (Fsp3) is 0.353. The molecule has 0 saturated carbocycles. The Kier molecular flexibility index (Phi) is 5.57. The minimum atomic E-state index is -0.540. The van der Waals surface area contributed by atoms with Gasteiger partial charge in [0.2, 0.25) is 5.89 Å². The Labute approximate surface area is 140 Å². The number of anilines is 1. The second-order valence-corrected chi connectivity index (χ2v) is 5.45. The number of hydrogen-bond donors (Lipinski definition) is 1. The first kappa shape index (κ1) is 17.5. The third-order valence-electron chi connectivity index (χ3n) is 3.36. The quantitative estimate of drug-likeness (QED) is 0.813. The second kappa shape index (κ2) is 7.63. The smallest absolute Gasteiger partial charge is 0.337 e. The summed E-state index contributed by atoms with van der Waals surface area (Å²) in [6, 6.07) is 4.60. The summed E-state index contributed by atoms with van der Waals surface area (Å²) in [5.74, 6) is 0.482. The number of nitrogens with zero attached hydrogens (tertiary/aromatic N) is 1. The molecule has 0 saturated heterocycles. The van der Waals surface area contributed by atoms with Crippen LogP contribution in [0.4, 0.5) is 5.69 Å². The lowest BCUT2D eigenvalue weighted by atomic mass is 10.1. The van der Waals surface area contributed by atoms with E-state index >= 15 is 0 Å². The molecule has 0 radical (unpaired) electrons. The van der Waals surface area contributed by atoms with E-state index in [0.717, 1.165) is 5.76 Å². The molecular weight excluding hydrogens is 312 g/mol. The van der Waals surface area contributed by atoms with Crippen molar-refractivity contribution in [3.8, 4) is 0 Å². The van der Waals surface area contributed by atoms with Crippen molar-refractivity contribution < 1.29 is 23.5 Å². The number of carbonyl (C=O) groups is 2. The molecule has 0 spiro atoms. The van der Waals surface area contributed by atoms with Gasteiger partial charge in [0.05, 0.1) is 38.1 Å². The maximum Gasteiger partial charge on any atom is 0.337 e. The van der Waals surface area contributed by atoms with Crippen molar-refractivity contribution in [3.63, 3.8) is 0 Å². The van der Waals surface area contributed by atoms with E-state index in [2.05, 4.69) is 10.3 Å². The van der Waals surface area contributed by atoms with Gasteiger partial charge in [-0.15, -0.1) is 0 Å². The molecule has 0 fully saturated rings. The van der Waals surface area contributed by atoms with Crippen LogP contribution in [0.15, 0.2) is 28.8 Å². The number of nitrogens with one attached hydrogen (secondary N) is 1. The maximum absolute atomic E-state index is 11.7. The van der Waals surface area contributed by atoms with Crippen molar-refractivity contribution in [1.29, 1.82) is 0 Å². The zero-order valence-electron chi connectivity index (χ0n) is 14.1. The minimum absolute atomic E-state index is 0.248. The fourth-order valence-corrected chi connectivity index (χ4v) is 2.05. The molecule has 2 aromatic rings. The van der Waals surface area contributed by atoms with E-state index in [9.17, 15) is 9.59 Å². The lowest BCUT2D eigenvalue weighted by Gasteiger charge is -2.09. The van der Waals surface area contributed by atoms with E-state index < -0.39 is 11.9 Å². The summed E-state index contributed by atoms with van der Waals surface area (Å²) < 4.78 is 15.0. The average molecular weight is 332 g/mol. The zero-order valence-corrected chi connectivity index (χ0v) is 14.1. The molecular formula is C17H20N2O5. The van der Waals surface area contributed by atoms with Crippen molar-refractivity contribution >= 4 is 17.6 Å². The summed E-state index contributed by atoms with van der Waals surface area (Å²) in [6.45, 7) is 4.35. The normalized spacial score (nSPS) is 10.5. The van der Waals surface area contributed by atoms with Gasteiger partial charge in [-0.05, 0) is 18.2 Å². The average Bonchev–Trinajstić information content (AvgIpc) is 3.07. The van der Waals surface area contributed by atoms with Gasteiger partial charge in [0.25, 0.3) is 0 Å². The van der Waals surface area contributed by atoms with Crippen LogP contribution in [-0.4, -0.2) is 31.1 Å². The predicted octanol–water partition coefficient (Wildman–Crippen LogP) is 2.98. The van der Waals surface area contributed by atoms with Gasteiger partial charge in [0, 0.05) is 11.6 Å². The van der Waals surface area contributed by atoms with Crippen molar-refractivity contribution in [2.24, 2.45) is 0 Å². The molecule has 0 aliphatic rings. The van der Waals surface area contributed by atoms with Gasteiger partial charge in [-0.3, -0.25) is 0 Å². The van der Waals surface area contributed by atoms with Crippen molar-refractivity contribution in [3.05, 3.63) is 47.2 Å². The summed E-state index contributed by atoms with van der Waals surface area (Å²) >= 11 is 0. The molecule has 0 atom stereocenters. The van der Waals surface area contributed by atoms with Crippen LogP contribution >= 0.6 is 0 Å². The molecule has 0 unspecified atom stereocenters. The second-order valence-electron chi connectivity index (χ2n) is 5.45. The first-order valence-corrected chi connectivity index (χ1v) is 7.44. The van der Waals surface area contributed by atoms with E-state index in [1.807, 2.05) is 13.8 Å². The topological polar surface area (TPSA) is 90.7 Å². The van der Waals surface area contributed by atoms with Crippen molar-refractivity contribution in [2.75, 3.05) is 19.5 Å². The molecule has 0 aliphatic heterocycles. The Morgan fingerprint density at radius 1 is 1.12 bits per heavy atom. The summed E-state index contributed by atoms with van der Waals surface area (Å²) in [7, 11) is 2.56. The van der Waals surface area contributed by atoms with E-state index in [1.54, 1.807) is 18.3 Å². The molecule has 0 bridgehead atoms. The Morgan fingerprint density at radius 3 is 2.17 bits per heavy atom. The van der Waals surface area contributed by atoms with E-state index in [4.69, 9.17) is 13.9 Å². The third-order valence-corrected chi connectivity index (χ3v) is 3.36. The van der Waals surface area contributed by atoms with Gasteiger partial charge in [-0.2, -0.15) is 0 Å².